The Labute approximate surface area is 140 Å². The zero-order chi connectivity index (χ0) is 16.8. The van der Waals surface area contributed by atoms with E-state index in [9.17, 15) is 14.4 Å². The Morgan fingerprint density at radius 1 is 1.26 bits per heavy atom. The van der Waals surface area contributed by atoms with E-state index in [0.717, 1.165) is 0 Å². The second kappa shape index (κ2) is 7.97. The number of carbonyl (C=O) groups excluding carboxylic acids is 3. The van der Waals surface area contributed by atoms with Crippen LogP contribution in [0.2, 0.25) is 5.02 Å². The molecular formula is C16H20ClN3O3. The van der Waals surface area contributed by atoms with Gasteiger partial charge in [-0.1, -0.05) is 23.7 Å². The first-order chi connectivity index (χ1) is 11.0. The molecule has 124 valence electrons. The van der Waals surface area contributed by atoms with Crippen LogP contribution >= 0.6 is 11.6 Å². The summed E-state index contributed by atoms with van der Waals surface area (Å²) in [7, 11) is 1.74. The van der Waals surface area contributed by atoms with Crippen molar-refractivity contribution < 1.29 is 14.4 Å². The molecular weight excluding hydrogens is 318 g/mol. The molecule has 0 aromatic heterocycles. The number of hydrogen-bond donors (Lipinski definition) is 2. The van der Waals surface area contributed by atoms with E-state index >= 15 is 0 Å². The van der Waals surface area contributed by atoms with Crippen LogP contribution in [-0.2, 0) is 9.59 Å². The molecule has 0 aliphatic carbocycles. The van der Waals surface area contributed by atoms with Crippen molar-refractivity contribution >= 4 is 29.3 Å². The first-order valence-corrected chi connectivity index (χ1v) is 7.91. The van der Waals surface area contributed by atoms with E-state index < -0.39 is 0 Å². The van der Waals surface area contributed by atoms with Crippen LogP contribution in [0.4, 0.5) is 0 Å². The number of nitrogens with zero attached hydrogens (tertiary/aromatic N) is 1. The maximum absolute atomic E-state index is 12.0. The monoisotopic (exact) mass is 337 g/mol. The highest BCUT2D eigenvalue weighted by atomic mass is 35.5. The maximum atomic E-state index is 12.0. The summed E-state index contributed by atoms with van der Waals surface area (Å²) in [6.07, 6.45) is 0.911. The minimum Gasteiger partial charge on any atom is -0.354 e. The summed E-state index contributed by atoms with van der Waals surface area (Å²) in [6, 6.07) is 6.78. The van der Waals surface area contributed by atoms with E-state index in [2.05, 4.69) is 10.6 Å². The number of halogens is 1. The third-order valence-electron chi connectivity index (χ3n) is 3.86. The lowest BCUT2D eigenvalue weighted by atomic mass is 9.96. The summed E-state index contributed by atoms with van der Waals surface area (Å²) in [5.41, 5.74) is 0.404. The SMILES string of the molecule is CN1CCC(C(=O)NCCNC(=O)c2ccccc2Cl)CC1=O. The van der Waals surface area contributed by atoms with Crippen molar-refractivity contribution in [1.29, 1.82) is 0 Å². The van der Waals surface area contributed by atoms with Gasteiger partial charge >= 0.3 is 0 Å². The first-order valence-electron chi connectivity index (χ1n) is 7.53. The predicted octanol–water partition coefficient (Wildman–Crippen LogP) is 1.05. The van der Waals surface area contributed by atoms with Crippen molar-refractivity contribution in [1.82, 2.24) is 15.5 Å². The Bertz CT molecular complexity index is 606. The molecule has 3 amide bonds. The molecule has 1 atom stereocenters. The highest BCUT2D eigenvalue weighted by Crippen LogP contribution is 2.17. The van der Waals surface area contributed by atoms with Gasteiger partial charge in [-0.05, 0) is 18.6 Å². The van der Waals surface area contributed by atoms with Gasteiger partial charge in [0.2, 0.25) is 11.8 Å². The summed E-state index contributed by atoms with van der Waals surface area (Å²) in [6.45, 7) is 1.21. The molecule has 1 aliphatic heterocycles. The van der Waals surface area contributed by atoms with Crippen LogP contribution in [0.3, 0.4) is 0 Å². The van der Waals surface area contributed by atoms with E-state index in [-0.39, 0.29) is 30.1 Å². The molecule has 23 heavy (non-hydrogen) atoms. The highest BCUT2D eigenvalue weighted by Gasteiger charge is 2.28. The Kier molecular flexibility index (Phi) is 5.98. The fraction of sp³-hybridized carbons (Fsp3) is 0.438. The molecule has 0 radical (unpaired) electrons. The van der Waals surface area contributed by atoms with Crippen LogP contribution < -0.4 is 10.6 Å². The Morgan fingerprint density at radius 2 is 1.96 bits per heavy atom. The Balaban J connectivity index is 1.71. The average molecular weight is 338 g/mol. The fourth-order valence-corrected chi connectivity index (χ4v) is 2.63. The molecule has 1 fully saturated rings. The van der Waals surface area contributed by atoms with Crippen LogP contribution in [0.25, 0.3) is 0 Å². The molecule has 1 aromatic carbocycles. The van der Waals surface area contributed by atoms with Crippen molar-refractivity contribution in [3.8, 4) is 0 Å². The third kappa shape index (κ3) is 4.69. The van der Waals surface area contributed by atoms with Crippen molar-refractivity contribution in [3.05, 3.63) is 34.9 Å². The molecule has 1 heterocycles. The number of carbonyl (C=O) groups is 3. The van der Waals surface area contributed by atoms with E-state index in [4.69, 9.17) is 11.6 Å². The van der Waals surface area contributed by atoms with Crippen LogP contribution in [0.15, 0.2) is 24.3 Å². The van der Waals surface area contributed by atoms with Gasteiger partial charge in [0.05, 0.1) is 10.6 Å². The molecule has 1 aromatic rings. The molecule has 2 N–H and O–H groups in total. The van der Waals surface area contributed by atoms with E-state index in [1.54, 1.807) is 36.2 Å². The Morgan fingerprint density at radius 3 is 2.65 bits per heavy atom. The van der Waals surface area contributed by atoms with Gasteiger partial charge in [0.25, 0.3) is 5.91 Å². The molecule has 7 heteroatoms. The van der Waals surface area contributed by atoms with Crippen LogP contribution in [0.1, 0.15) is 23.2 Å². The zero-order valence-corrected chi connectivity index (χ0v) is 13.7. The number of hydrogen-bond acceptors (Lipinski definition) is 3. The summed E-state index contributed by atoms with van der Waals surface area (Å²) >= 11 is 5.94. The van der Waals surface area contributed by atoms with E-state index in [1.165, 1.54) is 0 Å². The minimum absolute atomic E-state index is 0.0107. The number of amides is 3. The first kappa shape index (κ1) is 17.3. The second-order valence-electron chi connectivity index (χ2n) is 5.53. The van der Waals surface area contributed by atoms with Gasteiger partial charge in [-0.3, -0.25) is 14.4 Å². The number of piperidine rings is 1. The lowest BCUT2D eigenvalue weighted by Gasteiger charge is -2.27. The quantitative estimate of drug-likeness (QED) is 0.788. The summed E-state index contributed by atoms with van der Waals surface area (Å²) < 4.78 is 0. The summed E-state index contributed by atoms with van der Waals surface area (Å²) in [5, 5.41) is 5.84. The van der Waals surface area contributed by atoms with Crippen LogP contribution in [0.5, 0.6) is 0 Å². The molecule has 2 rings (SSSR count). The number of nitrogens with one attached hydrogen (secondary N) is 2. The largest absolute Gasteiger partial charge is 0.354 e. The normalized spacial score (nSPS) is 17.7. The maximum Gasteiger partial charge on any atom is 0.252 e. The lowest BCUT2D eigenvalue weighted by Crippen LogP contribution is -2.43. The topological polar surface area (TPSA) is 78.5 Å². The minimum atomic E-state index is -0.280. The van der Waals surface area contributed by atoms with Crippen molar-refractivity contribution in [2.24, 2.45) is 5.92 Å². The van der Waals surface area contributed by atoms with Crippen molar-refractivity contribution in [2.75, 3.05) is 26.7 Å². The number of rotatable bonds is 5. The smallest absolute Gasteiger partial charge is 0.252 e. The predicted molar refractivity (Wildman–Crippen MR) is 87.2 cm³/mol. The number of likely N-dealkylation sites (tertiary alicyclic amines) is 1. The van der Waals surface area contributed by atoms with Crippen LogP contribution in [-0.4, -0.2) is 49.3 Å². The lowest BCUT2D eigenvalue weighted by molar-refractivity contribution is -0.139. The Hall–Kier alpha value is -2.08. The van der Waals surface area contributed by atoms with Crippen LogP contribution in [0, 0.1) is 5.92 Å². The van der Waals surface area contributed by atoms with E-state index in [0.29, 0.717) is 36.6 Å². The van der Waals surface area contributed by atoms with E-state index in [1.807, 2.05) is 0 Å². The fourth-order valence-electron chi connectivity index (χ4n) is 2.41. The molecule has 0 bridgehead atoms. The summed E-state index contributed by atoms with van der Waals surface area (Å²) in [5.74, 6) is -0.709. The summed E-state index contributed by atoms with van der Waals surface area (Å²) in [4.78, 5) is 37.2. The van der Waals surface area contributed by atoms with Gasteiger partial charge in [0.1, 0.15) is 0 Å². The van der Waals surface area contributed by atoms with Gasteiger partial charge in [-0.25, -0.2) is 0 Å². The molecule has 0 spiro atoms. The van der Waals surface area contributed by atoms with Gasteiger partial charge in [0, 0.05) is 39.0 Å². The molecule has 0 saturated carbocycles. The zero-order valence-electron chi connectivity index (χ0n) is 13.0. The van der Waals surface area contributed by atoms with Gasteiger partial charge in [0.15, 0.2) is 0 Å². The molecule has 6 nitrogen and oxygen atoms in total. The average Bonchev–Trinajstić information content (AvgIpc) is 2.54. The third-order valence-corrected chi connectivity index (χ3v) is 4.19. The second-order valence-corrected chi connectivity index (χ2v) is 5.94. The van der Waals surface area contributed by atoms with Gasteiger partial charge in [-0.15, -0.1) is 0 Å². The molecule has 1 aliphatic rings. The van der Waals surface area contributed by atoms with Gasteiger partial charge < -0.3 is 15.5 Å². The highest BCUT2D eigenvalue weighted by molar-refractivity contribution is 6.33. The molecule has 1 unspecified atom stereocenters. The molecule has 1 saturated heterocycles. The van der Waals surface area contributed by atoms with Crippen molar-refractivity contribution in [2.45, 2.75) is 12.8 Å². The standard InChI is InChI=1S/C16H20ClN3O3/c1-20-9-6-11(10-14(20)21)15(22)18-7-8-19-16(23)12-4-2-3-5-13(12)17/h2-5,11H,6-10H2,1H3,(H,18,22)(H,19,23). The number of benzene rings is 1. The van der Waals surface area contributed by atoms with Gasteiger partial charge in [-0.2, -0.15) is 0 Å². The van der Waals surface area contributed by atoms with Crippen molar-refractivity contribution in [3.63, 3.8) is 0 Å².